The van der Waals surface area contributed by atoms with E-state index in [0.717, 1.165) is 48.9 Å². The topological polar surface area (TPSA) is 60.2 Å². The van der Waals surface area contributed by atoms with E-state index in [1.165, 1.54) is 11.1 Å². The van der Waals surface area contributed by atoms with Gasteiger partial charge in [-0.05, 0) is 67.1 Å². The lowest BCUT2D eigenvalue weighted by Crippen LogP contribution is -2.45. The van der Waals surface area contributed by atoms with Crippen LogP contribution in [-0.4, -0.2) is 18.1 Å². The lowest BCUT2D eigenvalue weighted by atomic mass is 9.74. The quantitative estimate of drug-likeness (QED) is 0.509. The number of fused-ring (bicyclic) bond motifs is 1. The van der Waals surface area contributed by atoms with Crippen LogP contribution >= 0.6 is 36.4 Å². The van der Waals surface area contributed by atoms with Gasteiger partial charge in [-0.3, -0.25) is 4.98 Å². The average Bonchev–Trinajstić information content (AvgIpc) is 2.73. The monoisotopic (exact) mass is 467 g/mol. The molecule has 1 heterocycles. The molecule has 0 unspecified atom stereocenters. The van der Waals surface area contributed by atoms with Crippen LogP contribution in [0.4, 0.5) is 0 Å². The van der Waals surface area contributed by atoms with Gasteiger partial charge in [-0.1, -0.05) is 29.8 Å². The first kappa shape index (κ1) is 24.7. The van der Waals surface area contributed by atoms with Crippen LogP contribution in [0.1, 0.15) is 36.8 Å². The van der Waals surface area contributed by atoms with Crippen molar-refractivity contribution in [1.29, 1.82) is 0 Å². The molecule has 0 radical (unpaired) electrons. The zero-order chi connectivity index (χ0) is 19.6. The van der Waals surface area contributed by atoms with Crippen LogP contribution < -0.4 is 15.8 Å². The van der Waals surface area contributed by atoms with E-state index in [-0.39, 0.29) is 30.4 Å². The van der Waals surface area contributed by atoms with Crippen molar-refractivity contribution >= 4 is 47.3 Å². The molecule has 4 rings (SSSR count). The number of halogens is 3. The molecule has 30 heavy (non-hydrogen) atoms. The van der Waals surface area contributed by atoms with Gasteiger partial charge in [0.1, 0.15) is 5.75 Å². The van der Waals surface area contributed by atoms with Crippen molar-refractivity contribution in [3.8, 4) is 5.75 Å². The highest BCUT2D eigenvalue weighted by Crippen LogP contribution is 2.38. The number of rotatable bonds is 5. The number of nitrogens with two attached hydrogens (primary N) is 1. The van der Waals surface area contributed by atoms with Gasteiger partial charge in [0.25, 0.3) is 0 Å². The minimum absolute atomic E-state index is 0. The predicted octanol–water partition coefficient (Wildman–Crippen LogP) is 5.63. The molecule has 1 aromatic heterocycles. The van der Waals surface area contributed by atoms with Crippen LogP contribution in [0.3, 0.4) is 0 Å². The molecule has 2 aromatic carbocycles. The van der Waals surface area contributed by atoms with Crippen molar-refractivity contribution in [2.45, 2.75) is 43.8 Å². The summed E-state index contributed by atoms with van der Waals surface area (Å²) in [4.78, 5) is 4.46. The van der Waals surface area contributed by atoms with Crippen LogP contribution in [0.15, 0.2) is 54.7 Å². The molecule has 1 saturated carbocycles. The van der Waals surface area contributed by atoms with E-state index in [1.807, 2.05) is 36.5 Å². The van der Waals surface area contributed by atoms with Crippen molar-refractivity contribution in [3.05, 3.63) is 70.9 Å². The minimum Gasteiger partial charge on any atom is -0.497 e. The standard InChI is InChI=1S/C23H26ClN3O.2ClH/c1-28-19-5-2-16(3-6-19)15-27-18-8-11-23(25,12-9-18)21-10-13-26-22-14-17(24)4-7-20(21)22;;/h2-7,10,13-14,18,27H,8-9,11-12,15,25H2,1H3;2*1H. The summed E-state index contributed by atoms with van der Waals surface area (Å²) in [5.74, 6) is 0.889. The van der Waals surface area contributed by atoms with Gasteiger partial charge in [0, 0.05) is 34.7 Å². The SMILES string of the molecule is COc1ccc(CNC2CCC(N)(c3ccnc4cc(Cl)ccc34)CC2)cc1.Cl.Cl. The molecule has 1 fully saturated rings. The maximum atomic E-state index is 6.88. The summed E-state index contributed by atoms with van der Waals surface area (Å²) in [5.41, 5.74) is 9.93. The minimum atomic E-state index is -0.312. The van der Waals surface area contributed by atoms with Crippen molar-refractivity contribution in [2.75, 3.05) is 7.11 Å². The molecule has 1 aliphatic carbocycles. The van der Waals surface area contributed by atoms with Gasteiger partial charge in [0.15, 0.2) is 0 Å². The third kappa shape index (κ3) is 5.37. The molecular weight excluding hydrogens is 441 g/mol. The molecular formula is C23H28Cl3N3O. The second kappa shape index (κ2) is 10.7. The summed E-state index contributed by atoms with van der Waals surface area (Å²) in [5, 5.41) is 5.50. The highest BCUT2D eigenvalue weighted by Gasteiger charge is 2.34. The van der Waals surface area contributed by atoms with Crippen LogP contribution in [0.2, 0.25) is 5.02 Å². The van der Waals surface area contributed by atoms with Gasteiger partial charge in [0.05, 0.1) is 12.6 Å². The second-order valence-corrected chi connectivity index (χ2v) is 8.12. The Kier molecular flexibility index (Phi) is 8.77. The van der Waals surface area contributed by atoms with Gasteiger partial charge in [0.2, 0.25) is 0 Å². The molecule has 0 saturated heterocycles. The van der Waals surface area contributed by atoms with E-state index >= 15 is 0 Å². The molecule has 162 valence electrons. The van der Waals surface area contributed by atoms with Crippen LogP contribution in [-0.2, 0) is 12.1 Å². The van der Waals surface area contributed by atoms with E-state index < -0.39 is 0 Å². The number of hydrogen-bond acceptors (Lipinski definition) is 4. The molecule has 0 spiro atoms. The lowest BCUT2D eigenvalue weighted by Gasteiger charge is -2.38. The first-order valence-corrected chi connectivity index (χ1v) is 10.2. The van der Waals surface area contributed by atoms with E-state index in [2.05, 4.69) is 28.5 Å². The summed E-state index contributed by atoms with van der Waals surface area (Å²) in [7, 11) is 1.69. The average molecular weight is 469 g/mol. The molecule has 3 N–H and O–H groups in total. The number of aromatic nitrogens is 1. The van der Waals surface area contributed by atoms with Crippen molar-refractivity contribution in [2.24, 2.45) is 5.73 Å². The molecule has 0 aliphatic heterocycles. The third-order valence-electron chi connectivity index (χ3n) is 5.87. The summed E-state index contributed by atoms with van der Waals surface area (Å²) >= 11 is 6.13. The Balaban J connectivity index is 0.00000160. The van der Waals surface area contributed by atoms with Crippen molar-refractivity contribution in [1.82, 2.24) is 10.3 Å². The summed E-state index contributed by atoms with van der Waals surface area (Å²) in [6, 6.07) is 16.6. The fourth-order valence-electron chi connectivity index (χ4n) is 4.17. The Morgan fingerprint density at radius 3 is 2.47 bits per heavy atom. The number of nitrogens with zero attached hydrogens (tertiary/aromatic N) is 1. The third-order valence-corrected chi connectivity index (χ3v) is 6.11. The van der Waals surface area contributed by atoms with Crippen molar-refractivity contribution in [3.63, 3.8) is 0 Å². The molecule has 0 atom stereocenters. The first-order chi connectivity index (χ1) is 13.6. The van der Waals surface area contributed by atoms with E-state index in [0.29, 0.717) is 11.1 Å². The molecule has 0 amide bonds. The number of ether oxygens (including phenoxy) is 1. The molecule has 3 aromatic rings. The van der Waals surface area contributed by atoms with Gasteiger partial charge < -0.3 is 15.8 Å². The van der Waals surface area contributed by atoms with Crippen LogP contribution in [0, 0.1) is 0 Å². The lowest BCUT2D eigenvalue weighted by molar-refractivity contribution is 0.252. The number of benzene rings is 2. The van der Waals surface area contributed by atoms with Crippen LogP contribution in [0.25, 0.3) is 10.9 Å². The van der Waals surface area contributed by atoms with E-state index in [4.69, 9.17) is 22.1 Å². The van der Waals surface area contributed by atoms with Crippen LogP contribution in [0.5, 0.6) is 5.75 Å². The zero-order valence-corrected chi connectivity index (χ0v) is 19.3. The number of methoxy groups -OCH3 is 1. The largest absolute Gasteiger partial charge is 0.497 e. The molecule has 0 bridgehead atoms. The van der Waals surface area contributed by atoms with E-state index in [1.54, 1.807) is 7.11 Å². The normalized spacial score (nSPS) is 20.8. The number of hydrogen-bond donors (Lipinski definition) is 2. The maximum Gasteiger partial charge on any atom is 0.118 e. The Morgan fingerprint density at radius 2 is 1.80 bits per heavy atom. The highest BCUT2D eigenvalue weighted by molar-refractivity contribution is 6.31. The molecule has 1 aliphatic rings. The zero-order valence-electron chi connectivity index (χ0n) is 16.9. The van der Waals surface area contributed by atoms with Gasteiger partial charge in [-0.15, -0.1) is 24.8 Å². The predicted molar refractivity (Wildman–Crippen MR) is 129 cm³/mol. The van der Waals surface area contributed by atoms with Gasteiger partial charge in [-0.2, -0.15) is 0 Å². The summed E-state index contributed by atoms with van der Waals surface area (Å²) < 4.78 is 5.22. The smallest absolute Gasteiger partial charge is 0.118 e. The van der Waals surface area contributed by atoms with Gasteiger partial charge >= 0.3 is 0 Å². The van der Waals surface area contributed by atoms with Gasteiger partial charge in [-0.25, -0.2) is 0 Å². The highest BCUT2D eigenvalue weighted by atomic mass is 35.5. The van der Waals surface area contributed by atoms with E-state index in [9.17, 15) is 0 Å². The Hall–Kier alpha value is -1.56. The Labute approximate surface area is 195 Å². The van der Waals surface area contributed by atoms with Crippen molar-refractivity contribution < 1.29 is 4.74 Å². The number of pyridine rings is 1. The maximum absolute atomic E-state index is 6.88. The Morgan fingerprint density at radius 1 is 1.10 bits per heavy atom. The fourth-order valence-corrected chi connectivity index (χ4v) is 4.33. The molecule has 4 nitrogen and oxygen atoms in total. The molecule has 7 heteroatoms. The summed E-state index contributed by atoms with van der Waals surface area (Å²) in [6.07, 6.45) is 5.87. The second-order valence-electron chi connectivity index (χ2n) is 7.68. The Bertz CT molecular complexity index is 958. The first-order valence-electron chi connectivity index (χ1n) is 9.77. The fraction of sp³-hybridized carbons (Fsp3) is 0.348. The number of nitrogens with one attached hydrogen (secondary N) is 1. The summed E-state index contributed by atoms with van der Waals surface area (Å²) in [6.45, 7) is 0.864.